The molecule has 4 aromatic rings. The first-order valence-electron chi connectivity index (χ1n) is 13.5. The van der Waals surface area contributed by atoms with Crippen LogP contribution in [0.25, 0.3) is 6.08 Å². The summed E-state index contributed by atoms with van der Waals surface area (Å²) in [6.45, 7) is 4.58. The highest BCUT2D eigenvalue weighted by Crippen LogP contribution is 2.30. The standard InChI is InChI=1S/C34H29ClN2O6/c1-21-8-9-23(16-22(21)2)19-43-31-18-28(41-3)13-10-24(31)17-29-32(38)36-34(40)37(33(29)39)26-11-14-27(15-12-26)42-20-25-6-4-5-7-30(25)35/h4-18H,19-20H2,1-3H3,(H,36,38,40)/b29-17+. The summed E-state index contributed by atoms with van der Waals surface area (Å²) in [5.74, 6) is -0.0973. The smallest absolute Gasteiger partial charge is 0.335 e. The maximum Gasteiger partial charge on any atom is 0.335 e. The van der Waals surface area contributed by atoms with Gasteiger partial charge >= 0.3 is 6.03 Å². The molecule has 1 N–H and O–H groups in total. The van der Waals surface area contributed by atoms with Gasteiger partial charge in [0.1, 0.15) is 36.0 Å². The van der Waals surface area contributed by atoms with E-state index < -0.39 is 17.8 Å². The molecule has 1 aliphatic rings. The monoisotopic (exact) mass is 596 g/mol. The molecule has 218 valence electrons. The Labute approximate surface area is 254 Å². The first-order valence-corrected chi connectivity index (χ1v) is 13.9. The van der Waals surface area contributed by atoms with Crippen molar-refractivity contribution in [1.82, 2.24) is 5.32 Å². The molecule has 0 bridgehead atoms. The van der Waals surface area contributed by atoms with Gasteiger partial charge in [0.2, 0.25) is 0 Å². The lowest BCUT2D eigenvalue weighted by molar-refractivity contribution is -0.122. The van der Waals surface area contributed by atoms with E-state index in [1.807, 2.05) is 50.2 Å². The molecular formula is C34H29ClN2O6. The summed E-state index contributed by atoms with van der Waals surface area (Å²) in [6, 6.07) is 24.0. The third-order valence-corrected chi connectivity index (χ3v) is 7.40. The van der Waals surface area contributed by atoms with E-state index in [0.717, 1.165) is 21.6 Å². The van der Waals surface area contributed by atoms with Crippen LogP contribution in [-0.2, 0) is 22.8 Å². The Hall–Kier alpha value is -5.08. The Morgan fingerprint density at radius 3 is 2.28 bits per heavy atom. The summed E-state index contributed by atoms with van der Waals surface area (Å²) < 4.78 is 17.3. The molecule has 1 fully saturated rings. The van der Waals surface area contributed by atoms with Crippen molar-refractivity contribution < 1.29 is 28.6 Å². The van der Waals surface area contributed by atoms with Gasteiger partial charge in [-0.25, -0.2) is 9.69 Å². The second-order valence-electron chi connectivity index (χ2n) is 9.94. The molecule has 43 heavy (non-hydrogen) atoms. The zero-order valence-electron chi connectivity index (χ0n) is 23.8. The number of rotatable bonds is 9. The van der Waals surface area contributed by atoms with Gasteiger partial charge in [0.05, 0.1) is 12.8 Å². The van der Waals surface area contributed by atoms with Crippen molar-refractivity contribution in [2.45, 2.75) is 27.1 Å². The minimum absolute atomic E-state index is 0.222. The van der Waals surface area contributed by atoms with Crippen LogP contribution in [-0.4, -0.2) is 25.0 Å². The maximum absolute atomic E-state index is 13.5. The fourth-order valence-corrected chi connectivity index (χ4v) is 4.65. The topological polar surface area (TPSA) is 94.2 Å². The van der Waals surface area contributed by atoms with E-state index >= 15 is 0 Å². The number of anilines is 1. The lowest BCUT2D eigenvalue weighted by Crippen LogP contribution is -2.54. The maximum atomic E-state index is 13.5. The molecule has 0 spiro atoms. The van der Waals surface area contributed by atoms with Crippen LogP contribution in [0.2, 0.25) is 5.02 Å². The van der Waals surface area contributed by atoms with E-state index in [9.17, 15) is 14.4 Å². The first-order chi connectivity index (χ1) is 20.7. The highest BCUT2D eigenvalue weighted by molar-refractivity contribution is 6.39. The van der Waals surface area contributed by atoms with Crippen molar-refractivity contribution in [3.05, 3.63) is 123 Å². The number of ether oxygens (including phenoxy) is 3. The normalized spacial score (nSPS) is 14.1. The largest absolute Gasteiger partial charge is 0.497 e. The molecule has 0 aliphatic carbocycles. The van der Waals surface area contributed by atoms with Crippen LogP contribution in [0.4, 0.5) is 10.5 Å². The van der Waals surface area contributed by atoms with Crippen molar-refractivity contribution in [2.24, 2.45) is 0 Å². The summed E-state index contributed by atoms with van der Waals surface area (Å²) in [5, 5.41) is 2.85. The molecule has 1 aliphatic heterocycles. The molecule has 0 aromatic heterocycles. The Bertz CT molecular complexity index is 1730. The van der Waals surface area contributed by atoms with E-state index in [0.29, 0.717) is 27.8 Å². The number of imide groups is 2. The van der Waals surface area contributed by atoms with Gasteiger partial charge in [0, 0.05) is 22.2 Å². The summed E-state index contributed by atoms with van der Waals surface area (Å²) in [5.41, 5.74) is 4.63. The quantitative estimate of drug-likeness (QED) is 0.169. The molecule has 0 saturated carbocycles. The van der Waals surface area contributed by atoms with Gasteiger partial charge in [-0.15, -0.1) is 0 Å². The predicted molar refractivity (Wildman–Crippen MR) is 164 cm³/mol. The van der Waals surface area contributed by atoms with Crippen molar-refractivity contribution >= 4 is 41.2 Å². The third-order valence-electron chi connectivity index (χ3n) is 7.04. The molecular weight excluding hydrogens is 568 g/mol. The summed E-state index contributed by atoms with van der Waals surface area (Å²) in [7, 11) is 1.54. The number of halogens is 1. The number of benzene rings is 4. The Morgan fingerprint density at radius 1 is 0.814 bits per heavy atom. The SMILES string of the molecule is COc1ccc(/C=C2\C(=O)NC(=O)N(c3ccc(OCc4ccccc4Cl)cc3)C2=O)c(OCc2ccc(C)c(C)c2)c1. The molecule has 1 saturated heterocycles. The van der Waals surface area contributed by atoms with E-state index in [2.05, 4.69) is 5.32 Å². The molecule has 5 rings (SSSR count). The molecule has 9 heteroatoms. The van der Waals surface area contributed by atoms with Crippen molar-refractivity contribution in [2.75, 3.05) is 12.0 Å². The van der Waals surface area contributed by atoms with E-state index in [1.165, 1.54) is 18.7 Å². The number of carbonyl (C=O) groups excluding carboxylic acids is 3. The fourth-order valence-electron chi connectivity index (χ4n) is 4.46. The Kier molecular flexibility index (Phi) is 8.78. The molecule has 0 unspecified atom stereocenters. The van der Waals surface area contributed by atoms with Crippen LogP contribution in [0.5, 0.6) is 17.2 Å². The summed E-state index contributed by atoms with van der Waals surface area (Å²) >= 11 is 6.20. The molecule has 4 amide bonds. The lowest BCUT2D eigenvalue weighted by Gasteiger charge is -2.26. The number of methoxy groups -OCH3 is 1. The lowest BCUT2D eigenvalue weighted by atomic mass is 10.1. The van der Waals surface area contributed by atoms with Crippen LogP contribution in [0.3, 0.4) is 0 Å². The number of carbonyl (C=O) groups is 3. The Balaban J connectivity index is 1.37. The highest BCUT2D eigenvalue weighted by atomic mass is 35.5. The second-order valence-corrected chi connectivity index (χ2v) is 10.4. The third kappa shape index (κ3) is 6.71. The molecule has 0 atom stereocenters. The van der Waals surface area contributed by atoms with Crippen LogP contribution < -0.4 is 24.4 Å². The van der Waals surface area contributed by atoms with Gasteiger partial charge in [0.15, 0.2) is 0 Å². The predicted octanol–water partition coefficient (Wildman–Crippen LogP) is 6.79. The number of nitrogens with one attached hydrogen (secondary N) is 1. The number of hydrogen-bond acceptors (Lipinski definition) is 6. The first kappa shape index (κ1) is 29.4. The fraction of sp³-hybridized carbons (Fsp3) is 0.147. The van der Waals surface area contributed by atoms with E-state index in [-0.39, 0.29) is 24.5 Å². The molecule has 0 radical (unpaired) electrons. The Morgan fingerprint density at radius 2 is 1.56 bits per heavy atom. The van der Waals surface area contributed by atoms with Gasteiger partial charge in [-0.1, -0.05) is 48.0 Å². The number of amides is 4. The average molecular weight is 597 g/mol. The summed E-state index contributed by atoms with van der Waals surface area (Å²) in [4.78, 5) is 40.0. The van der Waals surface area contributed by atoms with Gasteiger partial charge in [-0.05, 0) is 79.1 Å². The van der Waals surface area contributed by atoms with Gasteiger partial charge in [-0.3, -0.25) is 14.9 Å². The number of aryl methyl sites for hydroxylation is 2. The summed E-state index contributed by atoms with van der Waals surface area (Å²) in [6.07, 6.45) is 1.41. The minimum Gasteiger partial charge on any atom is -0.497 e. The van der Waals surface area contributed by atoms with Gasteiger partial charge in [-0.2, -0.15) is 0 Å². The van der Waals surface area contributed by atoms with Crippen molar-refractivity contribution in [1.29, 1.82) is 0 Å². The van der Waals surface area contributed by atoms with Crippen molar-refractivity contribution in [3.63, 3.8) is 0 Å². The highest BCUT2D eigenvalue weighted by Gasteiger charge is 2.37. The van der Waals surface area contributed by atoms with Gasteiger partial charge < -0.3 is 14.2 Å². The van der Waals surface area contributed by atoms with Crippen LogP contribution in [0.15, 0.2) is 90.5 Å². The second kappa shape index (κ2) is 12.8. The van der Waals surface area contributed by atoms with E-state index in [4.69, 9.17) is 25.8 Å². The number of hydrogen-bond donors (Lipinski definition) is 1. The van der Waals surface area contributed by atoms with Gasteiger partial charge in [0.25, 0.3) is 11.8 Å². The molecule has 8 nitrogen and oxygen atoms in total. The molecule has 1 heterocycles. The van der Waals surface area contributed by atoms with Crippen LogP contribution in [0, 0.1) is 13.8 Å². The number of nitrogens with zero attached hydrogens (tertiary/aromatic N) is 1. The average Bonchev–Trinajstić information content (AvgIpc) is 3.00. The number of urea groups is 1. The zero-order chi connectivity index (χ0) is 30.5. The van der Waals surface area contributed by atoms with Crippen LogP contribution >= 0.6 is 11.6 Å². The van der Waals surface area contributed by atoms with Crippen LogP contribution in [0.1, 0.15) is 27.8 Å². The zero-order valence-corrected chi connectivity index (χ0v) is 24.6. The van der Waals surface area contributed by atoms with Crippen molar-refractivity contribution in [3.8, 4) is 17.2 Å². The number of barbiturate groups is 1. The molecule has 4 aromatic carbocycles. The minimum atomic E-state index is -0.849. The van der Waals surface area contributed by atoms with E-state index in [1.54, 1.807) is 48.5 Å².